The number of nitrogens with zero attached hydrogens (tertiary/aromatic N) is 3. The fraction of sp³-hybridized carbons (Fsp3) is 0.263. The van der Waals surface area contributed by atoms with Gasteiger partial charge in [-0.2, -0.15) is 0 Å². The van der Waals surface area contributed by atoms with Gasteiger partial charge >= 0.3 is 0 Å². The molecule has 0 atom stereocenters. The molecule has 1 aliphatic rings. The van der Waals surface area contributed by atoms with Crippen molar-refractivity contribution in [3.63, 3.8) is 0 Å². The molecule has 0 unspecified atom stereocenters. The Labute approximate surface area is 152 Å². The Hall–Kier alpha value is -3.06. The zero-order chi connectivity index (χ0) is 17.6. The van der Waals surface area contributed by atoms with Crippen LogP contribution in [0, 0.1) is 0 Å². The molecule has 4 rings (SSSR count). The molecule has 7 heteroatoms. The normalized spacial score (nSPS) is 14.2. The predicted molar refractivity (Wildman–Crippen MR) is 101 cm³/mol. The van der Waals surface area contributed by atoms with Gasteiger partial charge in [-0.3, -0.25) is 0 Å². The van der Waals surface area contributed by atoms with Crippen LogP contribution in [0.1, 0.15) is 5.76 Å². The van der Waals surface area contributed by atoms with Crippen molar-refractivity contribution < 1.29 is 9.15 Å². The molecular formula is C19H21N5O2. The molecule has 0 radical (unpaired) electrons. The van der Waals surface area contributed by atoms with E-state index in [0.29, 0.717) is 6.54 Å². The highest BCUT2D eigenvalue weighted by molar-refractivity contribution is 5.74. The Kier molecular flexibility index (Phi) is 4.97. The minimum Gasteiger partial charge on any atom is -0.467 e. The molecular weight excluding hydrogens is 330 g/mol. The predicted octanol–water partition coefficient (Wildman–Crippen LogP) is 3.26. The summed E-state index contributed by atoms with van der Waals surface area (Å²) in [6.45, 7) is 3.86. The first-order valence-electron chi connectivity index (χ1n) is 8.65. The zero-order valence-corrected chi connectivity index (χ0v) is 14.4. The average Bonchev–Trinajstić information content (AvgIpc) is 3.22. The molecule has 0 bridgehead atoms. The first kappa shape index (κ1) is 16.4. The molecule has 0 amide bonds. The summed E-state index contributed by atoms with van der Waals surface area (Å²) in [7, 11) is 0. The summed E-state index contributed by atoms with van der Waals surface area (Å²) in [5, 5.41) is 6.65. The lowest BCUT2D eigenvalue weighted by Gasteiger charge is -2.30. The molecule has 1 fully saturated rings. The van der Waals surface area contributed by atoms with Crippen LogP contribution in [0.5, 0.6) is 0 Å². The van der Waals surface area contributed by atoms with Crippen LogP contribution in [-0.2, 0) is 11.3 Å². The van der Waals surface area contributed by atoms with Crippen LogP contribution >= 0.6 is 0 Å². The largest absolute Gasteiger partial charge is 0.467 e. The SMILES string of the molecule is c1coc(CNc2cc(Nc3ccccc3N3CCOCC3)ncn2)c1. The maximum Gasteiger partial charge on any atom is 0.135 e. The molecule has 134 valence electrons. The van der Waals surface area contributed by atoms with Gasteiger partial charge < -0.3 is 24.7 Å². The van der Waals surface area contributed by atoms with E-state index in [-0.39, 0.29) is 0 Å². The molecule has 1 aliphatic heterocycles. The number of morpholine rings is 1. The second-order valence-electron chi connectivity index (χ2n) is 5.96. The van der Waals surface area contributed by atoms with Gasteiger partial charge in [-0.1, -0.05) is 12.1 Å². The molecule has 7 nitrogen and oxygen atoms in total. The lowest BCUT2D eigenvalue weighted by atomic mass is 10.2. The van der Waals surface area contributed by atoms with Crippen LogP contribution < -0.4 is 15.5 Å². The molecule has 26 heavy (non-hydrogen) atoms. The van der Waals surface area contributed by atoms with Crippen molar-refractivity contribution in [1.29, 1.82) is 0 Å². The monoisotopic (exact) mass is 351 g/mol. The van der Waals surface area contributed by atoms with Crippen LogP contribution in [-0.4, -0.2) is 36.3 Å². The van der Waals surface area contributed by atoms with Crippen LogP contribution in [0.25, 0.3) is 0 Å². The minimum atomic E-state index is 0.577. The number of para-hydroxylation sites is 2. The average molecular weight is 351 g/mol. The van der Waals surface area contributed by atoms with E-state index < -0.39 is 0 Å². The van der Waals surface area contributed by atoms with Gasteiger partial charge in [0.25, 0.3) is 0 Å². The van der Waals surface area contributed by atoms with E-state index in [1.54, 1.807) is 12.6 Å². The quantitative estimate of drug-likeness (QED) is 0.706. The van der Waals surface area contributed by atoms with Gasteiger partial charge in [0.1, 0.15) is 23.7 Å². The number of nitrogens with one attached hydrogen (secondary N) is 2. The van der Waals surface area contributed by atoms with Crippen molar-refractivity contribution in [2.45, 2.75) is 6.54 Å². The van der Waals surface area contributed by atoms with Crippen LogP contribution in [0.4, 0.5) is 23.0 Å². The van der Waals surface area contributed by atoms with Crippen molar-refractivity contribution in [3.05, 3.63) is 60.8 Å². The Morgan fingerprint density at radius 2 is 1.85 bits per heavy atom. The van der Waals surface area contributed by atoms with E-state index in [2.05, 4.69) is 37.6 Å². The van der Waals surface area contributed by atoms with Gasteiger partial charge in [0.05, 0.1) is 37.4 Å². The summed E-state index contributed by atoms with van der Waals surface area (Å²) < 4.78 is 10.8. The Bertz CT molecular complexity index is 831. The van der Waals surface area contributed by atoms with Crippen LogP contribution in [0.2, 0.25) is 0 Å². The molecule has 0 saturated carbocycles. The molecule has 0 spiro atoms. The number of rotatable bonds is 6. The number of furan rings is 1. The highest BCUT2D eigenvalue weighted by atomic mass is 16.5. The number of hydrogen-bond donors (Lipinski definition) is 2. The van der Waals surface area contributed by atoms with Gasteiger partial charge in [-0.15, -0.1) is 0 Å². The number of ether oxygens (including phenoxy) is 1. The van der Waals surface area contributed by atoms with Crippen LogP contribution in [0.3, 0.4) is 0 Å². The Morgan fingerprint density at radius 3 is 2.69 bits per heavy atom. The summed E-state index contributed by atoms with van der Waals surface area (Å²) >= 11 is 0. The third-order valence-electron chi connectivity index (χ3n) is 4.21. The second kappa shape index (κ2) is 7.88. The van der Waals surface area contributed by atoms with Gasteiger partial charge in [-0.05, 0) is 24.3 Å². The maximum atomic E-state index is 5.45. The van der Waals surface area contributed by atoms with Gasteiger partial charge in [-0.25, -0.2) is 9.97 Å². The lowest BCUT2D eigenvalue weighted by molar-refractivity contribution is 0.123. The summed E-state index contributed by atoms with van der Waals surface area (Å²) in [6.07, 6.45) is 3.21. The van der Waals surface area contributed by atoms with Crippen molar-refractivity contribution in [3.8, 4) is 0 Å². The molecule has 2 N–H and O–H groups in total. The number of anilines is 4. The Balaban J connectivity index is 1.48. The third kappa shape index (κ3) is 3.94. The van der Waals surface area contributed by atoms with Crippen LogP contribution in [0.15, 0.2) is 59.5 Å². The third-order valence-corrected chi connectivity index (χ3v) is 4.21. The molecule has 3 heterocycles. The lowest BCUT2D eigenvalue weighted by Crippen LogP contribution is -2.36. The first-order chi connectivity index (χ1) is 12.9. The van der Waals surface area contributed by atoms with E-state index in [4.69, 9.17) is 9.15 Å². The van der Waals surface area contributed by atoms with Crippen molar-refractivity contribution in [1.82, 2.24) is 9.97 Å². The fourth-order valence-electron chi connectivity index (χ4n) is 2.91. The number of hydrogen-bond acceptors (Lipinski definition) is 7. The van der Waals surface area contributed by atoms with Gasteiger partial charge in [0, 0.05) is 19.2 Å². The smallest absolute Gasteiger partial charge is 0.135 e. The van der Waals surface area contributed by atoms with E-state index in [0.717, 1.165) is 55.1 Å². The Morgan fingerprint density at radius 1 is 1.00 bits per heavy atom. The number of benzene rings is 1. The summed E-state index contributed by atoms with van der Waals surface area (Å²) in [5.41, 5.74) is 2.17. The van der Waals surface area contributed by atoms with E-state index in [1.807, 2.05) is 30.3 Å². The summed E-state index contributed by atoms with van der Waals surface area (Å²) in [5.74, 6) is 2.33. The number of aromatic nitrogens is 2. The molecule has 0 aliphatic carbocycles. The van der Waals surface area contributed by atoms with Crippen molar-refractivity contribution in [2.75, 3.05) is 41.8 Å². The standard InChI is InChI=1S/C19H21N5O2/c1-2-6-17(24-7-10-25-11-8-24)16(5-1)23-19-12-18(21-14-22-19)20-13-15-4-3-9-26-15/h1-6,9,12,14H,7-8,10-11,13H2,(H2,20,21,22,23). The highest BCUT2D eigenvalue weighted by Crippen LogP contribution is 2.29. The van der Waals surface area contributed by atoms with Gasteiger partial charge in [0.2, 0.25) is 0 Å². The van der Waals surface area contributed by atoms with Crippen molar-refractivity contribution in [2.24, 2.45) is 0 Å². The first-order valence-corrected chi connectivity index (χ1v) is 8.65. The van der Waals surface area contributed by atoms with E-state index >= 15 is 0 Å². The fourth-order valence-corrected chi connectivity index (χ4v) is 2.91. The topological polar surface area (TPSA) is 75.5 Å². The summed E-state index contributed by atoms with van der Waals surface area (Å²) in [4.78, 5) is 10.9. The zero-order valence-electron chi connectivity index (χ0n) is 14.4. The van der Waals surface area contributed by atoms with Gasteiger partial charge in [0.15, 0.2) is 0 Å². The van der Waals surface area contributed by atoms with E-state index in [9.17, 15) is 0 Å². The summed E-state index contributed by atoms with van der Waals surface area (Å²) in [6, 6.07) is 13.9. The molecule has 3 aromatic rings. The molecule has 1 saturated heterocycles. The van der Waals surface area contributed by atoms with E-state index in [1.165, 1.54) is 0 Å². The van der Waals surface area contributed by atoms with Crippen molar-refractivity contribution >= 4 is 23.0 Å². The second-order valence-corrected chi connectivity index (χ2v) is 5.96. The molecule has 2 aromatic heterocycles. The molecule has 1 aromatic carbocycles. The highest BCUT2D eigenvalue weighted by Gasteiger charge is 2.14. The maximum absolute atomic E-state index is 5.45. The minimum absolute atomic E-state index is 0.577.